The highest BCUT2D eigenvalue weighted by Crippen LogP contribution is 2.39. The zero-order valence-corrected chi connectivity index (χ0v) is 12.2. The molecule has 0 bridgehead atoms. The van der Waals surface area contributed by atoms with Crippen molar-refractivity contribution in [1.82, 2.24) is 9.55 Å². The quantitative estimate of drug-likeness (QED) is 0.869. The smallest absolute Gasteiger partial charge is 0.175 e. The van der Waals surface area contributed by atoms with E-state index in [-0.39, 0.29) is 0 Å². The van der Waals surface area contributed by atoms with Gasteiger partial charge in [-0.05, 0) is 35.0 Å². The number of aryl methyl sites for hydroxylation is 1. The van der Waals surface area contributed by atoms with Crippen LogP contribution in [0.5, 0.6) is 11.5 Å². The van der Waals surface area contributed by atoms with E-state index in [1.165, 1.54) is 0 Å². The van der Waals surface area contributed by atoms with Gasteiger partial charge in [0.15, 0.2) is 11.5 Å². The standard InChI is InChI=1S/C13H15BrN2O2/c1-4-18-12-10(14)7-9(8-11(12)17-3)13-15-5-6-16(13)2/h5-8H,4H2,1-3H3. The summed E-state index contributed by atoms with van der Waals surface area (Å²) in [7, 11) is 3.59. The Hall–Kier alpha value is -1.49. The summed E-state index contributed by atoms with van der Waals surface area (Å²) in [6.45, 7) is 2.54. The second kappa shape index (κ2) is 5.44. The Morgan fingerprint density at radius 2 is 2.17 bits per heavy atom. The Balaban J connectivity index is 2.52. The van der Waals surface area contributed by atoms with Crippen molar-refractivity contribution in [3.05, 3.63) is 29.0 Å². The van der Waals surface area contributed by atoms with Crippen molar-refractivity contribution in [2.45, 2.75) is 6.92 Å². The normalized spacial score (nSPS) is 10.4. The van der Waals surface area contributed by atoms with Crippen molar-refractivity contribution in [2.24, 2.45) is 7.05 Å². The first kappa shape index (κ1) is 13.0. The van der Waals surface area contributed by atoms with Crippen LogP contribution < -0.4 is 9.47 Å². The predicted octanol–water partition coefficient (Wildman–Crippen LogP) is 3.26. The summed E-state index contributed by atoms with van der Waals surface area (Å²) in [5.74, 6) is 2.30. The number of imidazole rings is 1. The number of methoxy groups -OCH3 is 1. The molecule has 0 N–H and O–H groups in total. The lowest BCUT2D eigenvalue weighted by molar-refractivity contribution is 0.309. The molecular formula is C13H15BrN2O2. The minimum atomic E-state index is 0.594. The van der Waals surface area contributed by atoms with E-state index in [9.17, 15) is 0 Å². The Bertz CT molecular complexity index is 552. The summed E-state index contributed by atoms with van der Waals surface area (Å²) in [6, 6.07) is 3.91. The van der Waals surface area contributed by atoms with Crippen molar-refractivity contribution in [1.29, 1.82) is 0 Å². The summed E-state index contributed by atoms with van der Waals surface area (Å²) < 4.78 is 13.8. The largest absolute Gasteiger partial charge is 0.493 e. The number of hydrogen-bond acceptors (Lipinski definition) is 3. The molecule has 0 unspecified atom stereocenters. The Labute approximate surface area is 115 Å². The van der Waals surface area contributed by atoms with Crippen LogP contribution in [0.1, 0.15) is 6.92 Å². The van der Waals surface area contributed by atoms with Crippen molar-refractivity contribution in [3.8, 4) is 22.9 Å². The van der Waals surface area contributed by atoms with E-state index in [0.717, 1.165) is 21.6 Å². The van der Waals surface area contributed by atoms with Crippen LogP contribution >= 0.6 is 15.9 Å². The topological polar surface area (TPSA) is 36.3 Å². The maximum atomic E-state index is 5.56. The zero-order chi connectivity index (χ0) is 13.1. The van der Waals surface area contributed by atoms with Gasteiger partial charge in [0, 0.05) is 25.0 Å². The molecule has 1 aromatic carbocycles. The summed E-state index contributed by atoms with van der Waals surface area (Å²) in [5.41, 5.74) is 0.981. The number of aromatic nitrogens is 2. The molecule has 0 atom stereocenters. The molecule has 0 aliphatic carbocycles. The zero-order valence-electron chi connectivity index (χ0n) is 10.6. The van der Waals surface area contributed by atoms with Gasteiger partial charge in [0.1, 0.15) is 5.82 Å². The van der Waals surface area contributed by atoms with Crippen LogP contribution in [0.2, 0.25) is 0 Å². The first-order valence-electron chi connectivity index (χ1n) is 5.65. The lowest BCUT2D eigenvalue weighted by atomic mass is 10.2. The van der Waals surface area contributed by atoms with E-state index in [4.69, 9.17) is 9.47 Å². The molecule has 1 aromatic heterocycles. The highest BCUT2D eigenvalue weighted by atomic mass is 79.9. The number of rotatable bonds is 4. The minimum absolute atomic E-state index is 0.594. The molecule has 0 aliphatic rings. The summed E-state index contributed by atoms with van der Waals surface area (Å²) in [5, 5.41) is 0. The van der Waals surface area contributed by atoms with E-state index < -0.39 is 0 Å². The van der Waals surface area contributed by atoms with Crippen LogP contribution in [0.4, 0.5) is 0 Å². The van der Waals surface area contributed by atoms with Gasteiger partial charge < -0.3 is 14.0 Å². The Morgan fingerprint density at radius 1 is 1.39 bits per heavy atom. The van der Waals surface area contributed by atoms with Crippen LogP contribution in [-0.4, -0.2) is 23.3 Å². The average molecular weight is 311 g/mol. The first-order valence-corrected chi connectivity index (χ1v) is 6.44. The maximum absolute atomic E-state index is 5.56. The molecule has 2 rings (SSSR count). The number of nitrogens with zero attached hydrogens (tertiary/aromatic N) is 2. The van der Waals surface area contributed by atoms with Gasteiger partial charge >= 0.3 is 0 Å². The van der Waals surface area contributed by atoms with Crippen LogP contribution in [-0.2, 0) is 7.05 Å². The molecule has 0 fully saturated rings. The monoisotopic (exact) mass is 310 g/mol. The molecule has 0 amide bonds. The van der Waals surface area contributed by atoms with Gasteiger partial charge in [-0.3, -0.25) is 0 Å². The molecule has 0 saturated heterocycles. The Morgan fingerprint density at radius 3 is 2.72 bits per heavy atom. The summed E-state index contributed by atoms with van der Waals surface area (Å²) >= 11 is 3.51. The molecule has 2 aromatic rings. The molecule has 1 heterocycles. The van der Waals surface area contributed by atoms with Crippen LogP contribution in [0.15, 0.2) is 29.0 Å². The van der Waals surface area contributed by atoms with Crippen molar-refractivity contribution in [3.63, 3.8) is 0 Å². The third-order valence-electron chi connectivity index (χ3n) is 2.60. The van der Waals surface area contributed by atoms with Crippen LogP contribution in [0.3, 0.4) is 0 Å². The van der Waals surface area contributed by atoms with Crippen molar-refractivity contribution < 1.29 is 9.47 Å². The molecule has 0 spiro atoms. The van der Waals surface area contributed by atoms with Gasteiger partial charge in [0.25, 0.3) is 0 Å². The van der Waals surface area contributed by atoms with Crippen molar-refractivity contribution >= 4 is 15.9 Å². The molecule has 18 heavy (non-hydrogen) atoms. The molecule has 0 aliphatic heterocycles. The van der Waals surface area contributed by atoms with E-state index in [1.54, 1.807) is 13.3 Å². The number of halogens is 1. The highest BCUT2D eigenvalue weighted by molar-refractivity contribution is 9.10. The molecule has 0 saturated carbocycles. The SMILES string of the molecule is CCOc1c(Br)cc(-c2nccn2C)cc1OC. The van der Waals surface area contributed by atoms with E-state index >= 15 is 0 Å². The summed E-state index contributed by atoms with van der Waals surface area (Å²) in [6.07, 6.45) is 3.68. The highest BCUT2D eigenvalue weighted by Gasteiger charge is 2.14. The predicted molar refractivity (Wildman–Crippen MR) is 74.1 cm³/mol. The average Bonchev–Trinajstić information content (AvgIpc) is 2.78. The van der Waals surface area contributed by atoms with Crippen LogP contribution in [0.25, 0.3) is 11.4 Å². The summed E-state index contributed by atoms with van der Waals surface area (Å²) in [4.78, 5) is 4.32. The Kier molecular flexibility index (Phi) is 3.91. The number of hydrogen-bond donors (Lipinski definition) is 0. The lowest BCUT2D eigenvalue weighted by Gasteiger charge is -2.13. The van der Waals surface area contributed by atoms with E-state index in [0.29, 0.717) is 12.4 Å². The maximum Gasteiger partial charge on any atom is 0.175 e. The second-order valence-corrected chi connectivity index (χ2v) is 4.64. The third-order valence-corrected chi connectivity index (χ3v) is 3.19. The van der Waals surface area contributed by atoms with Crippen molar-refractivity contribution in [2.75, 3.05) is 13.7 Å². The second-order valence-electron chi connectivity index (χ2n) is 3.78. The fourth-order valence-electron chi connectivity index (χ4n) is 1.78. The van der Waals surface area contributed by atoms with Crippen LogP contribution in [0, 0.1) is 0 Å². The van der Waals surface area contributed by atoms with Gasteiger partial charge in [-0.15, -0.1) is 0 Å². The molecule has 5 heteroatoms. The van der Waals surface area contributed by atoms with Gasteiger partial charge in [0.05, 0.1) is 18.2 Å². The number of ether oxygens (including phenoxy) is 2. The van der Waals surface area contributed by atoms with E-state index in [2.05, 4.69) is 20.9 Å². The fourth-order valence-corrected chi connectivity index (χ4v) is 2.33. The third kappa shape index (κ3) is 2.36. The molecule has 96 valence electrons. The van der Waals surface area contributed by atoms with Gasteiger partial charge in [-0.1, -0.05) is 0 Å². The van der Waals surface area contributed by atoms with Gasteiger partial charge in [0.2, 0.25) is 0 Å². The molecule has 4 nitrogen and oxygen atoms in total. The van der Waals surface area contributed by atoms with Gasteiger partial charge in [-0.2, -0.15) is 0 Å². The van der Waals surface area contributed by atoms with E-state index in [1.807, 2.05) is 36.9 Å². The molecule has 0 radical (unpaired) electrons. The molecular weight excluding hydrogens is 296 g/mol. The lowest BCUT2D eigenvalue weighted by Crippen LogP contribution is -1.98. The van der Waals surface area contributed by atoms with Gasteiger partial charge in [-0.25, -0.2) is 4.98 Å². The number of benzene rings is 1. The minimum Gasteiger partial charge on any atom is -0.493 e. The fraction of sp³-hybridized carbons (Fsp3) is 0.308. The first-order chi connectivity index (χ1) is 8.67.